The number of carbonyl (C=O) groups excluding carboxylic acids is 1. The fourth-order valence-electron chi connectivity index (χ4n) is 2.59. The minimum absolute atomic E-state index is 0.376. The number of hydrogen-bond acceptors (Lipinski definition) is 5. The lowest BCUT2D eigenvalue weighted by Crippen LogP contribution is -2.44. The summed E-state index contributed by atoms with van der Waals surface area (Å²) in [6.45, 7) is 5.18. The largest absolute Gasteiger partial charge is 0.465 e. The monoisotopic (exact) mass is 278 g/mol. The van der Waals surface area contributed by atoms with Gasteiger partial charge in [0.05, 0.1) is 25.9 Å². The first-order chi connectivity index (χ1) is 9.67. The second-order valence-corrected chi connectivity index (χ2v) is 4.98. The van der Waals surface area contributed by atoms with Crippen molar-refractivity contribution in [3.05, 3.63) is 29.3 Å². The molecule has 1 fully saturated rings. The van der Waals surface area contributed by atoms with Crippen molar-refractivity contribution >= 4 is 11.7 Å². The number of carbonyl (C=O) groups is 1. The van der Waals surface area contributed by atoms with Gasteiger partial charge in [0, 0.05) is 24.8 Å². The van der Waals surface area contributed by atoms with E-state index in [4.69, 9.17) is 15.2 Å². The van der Waals surface area contributed by atoms with E-state index in [9.17, 15) is 4.79 Å². The topological polar surface area (TPSA) is 64.8 Å². The van der Waals surface area contributed by atoms with E-state index in [1.165, 1.54) is 7.11 Å². The molecular weight excluding hydrogens is 256 g/mol. The molecule has 0 radical (unpaired) electrons. The van der Waals surface area contributed by atoms with Crippen molar-refractivity contribution in [1.29, 1.82) is 0 Å². The van der Waals surface area contributed by atoms with Crippen LogP contribution < -0.4 is 5.73 Å². The molecule has 5 nitrogen and oxygen atoms in total. The summed E-state index contributed by atoms with van der Waals surface area (Å²) in [5, 5.41) is 0. The van der Waals surface area contributed by atoms with Crippen LogP contribution in [0.1, 0.15) is 29.3 Å². The highest BCUT2D eigenvalue weighted by atomic mass is 16.5. The zero-order valence-electron chi connectivity index (χ0n) is 12.1. The summed E-state index contributed by atoms with van der Waals surface area (Å²) in [4.78, 5) is 14.2. The Morgan fingerprint density at radius 2 is 2.35 bits per heavy atom. The van der Waals surface area contributed by atoms with Crippen LogP contribution in [0.3, 0.4) is 0 Å². The van der Waals surface area contributed by atoms with E-state index >= 15 is 0 Å². The Hall–Kier alpha value is -1.59. The maximum atomic E-state index is 11.9. The lowest BCUT2D eigenvalue weighted by atomic mass is 10.0. The van der Waals surface area contributed by atoms with Gasteiger partial charge in [-0.1, -0.05) is 19.1 Å². The molecule has 1 atom stereocenters. The maximum Gasteiger partial charge on any atom is 0.340 e. The second-order valence-electron chi connectivity index (χ2n) is 4.98. The molecule has 1 unspecified atom stereocenters. The summed E-state index contributed by atoms with van der Waals surface area (Å²) >= 11 is 0. The Kier molecular flexibility index (Phi) is 4.98. The third kappa shape index (κ3) is 3.11. The summed E-state index contributed by atoms with van der Waals surface area (Å²) in [6.07, 6.45) is 1.02. The zero-order valence-corrected chi connectivity index (χ0v) is 12.1. The van der Waals surface area contributed by atoms with Gasteiger partial charge in [-0.25, -0.2) is 4.79 Å². The van der Waals surface area contributed by atoms with Gasteiger partial charge in [-0.05, 0) is 18.1 Å². The molecule has 110 valence electrons. The van der Waals surface area contributed by atoms with E-state index in [2.05, 4.69) is 11.8 Å². The highest BCUT2D eigenvalue weighted by molar-refractivity contribution is 5.96. The second kappa shape index (κ2) is 6.72. The van der Waals surface area contributed by atoms with Crippen LogP contribution in [-0.2, 0) is 16.0 Å². The van der Waals surface area contributed by atoms with E-state index in [1.807, 2.05) is 12.1 Å². The fraction of sp³-hybridized carbons (Fsp3) is 0.533. The molecule has 0 amide bonds. The first-order valence-electron chi connectivity index (χ1n) is 6.94. The third-order valence-corrected chi connectivity index (χ3v) is 3.77. The van der Waals surface area contributed by atoms with Crippen molar-refractivity contribution in [2.45, 2.75) is 25.9 Å². The molecule has 0 aromatic heterocycles. The van der Waals surface area contributed by atoms with Gasteiger partial charge in [-0.15, -0.1) is 0 Å². The van der Waals surface area contributed by atoms with Crippen LogP contribution in [0.25, 0.3) is 0 Å². The summed E-state index contributed by atoms with van der Waals surface area (Å²) in [5.41, 5.74) is 7.79. The average molecular weight is 278 g/mol. The number of ether oxygens (including phenoxy) is 2. The highest BCUT2D eigenvalue weighted by Crippen LogP contribution is 2.22. The van der Waals surface area contributed by atoms with Crippen molar-refractivity contribution in [3.63, 3.8) is 0 Å². The lowest BCUT2D eigenvalue weighted by molar-refractivity contribution is -0.0128. The lowest BCUT2D eigenvalue weighted by Gasteiger charge is -2.35. The summed E-state index contributed by atoms with van der Waals surface area (Å²) in [6, 6.07) is 5.92. The van der Waals surface area contributed by atoms with Crippen molar-refractivity contribution in [2.75, 3.05) is 32.6 Å². The standard InChI is InChI=1S/C15H22N2O3/c1-3-12-10-20-8-7-17(12)9-11-5-4-6-13(16)14(11)15(18)19-2/h4-6,12H,3,7-10,16H2,1-2H3. The molecule has 20 heavy (non-hydrogen) atoms. The molecule has 1 aromatic carbocycles. The molecule has 0 saturated carbocycles. The van der Waals surface area contributed by atoms with E-state index in [0.717, 1.165) is 31.7 Å². The molecular formula is C15H22N2O3. The van der Waals surface area contributed by atoms with Gasteiger partial charge in [0.1, 0.15) is 0 Å². The van der Waals surface area contributed by atoms with Crippen LogP contribution >= 0.6 is 0 Å². The Labute approximate surface area is 119 Å². The number of hydrogen-bond donors (Lipinski definition) is 1. The molecule has 2 N–H and O–H groups in total. The molecule has 5 heteroatoms. The van der Waals surface area contributed by atoms with Crippen LogP contribution in [0.2, 0.25) is 0 Å². The number of benzene rings is 1. The molecule has 0 spiro atoms. The zero-order chi connectivity index (χ0) is 14.5. The molecule has 1 saturated heterocycles. The molecule has 1 aliphatic rings. The van der Waals surface area contributed by atoms with Crippen LogP contribution in [0.15, 0.2) is 18.2 Å². The van der Waals surface area contributed by atoms with Gasteiger partial charge in [0.15, 0.2) is 0 Å². The third-order valence-electron chi connectivity index (χ3n) is 3.77. The SMILES string of the molecule is CCC1COCCN1Cc1cccc(N)c1C(=O)OC. The highest BCUT2D eigenvalue weighted by Gasteiger charge is 2.24. The first kappa shape index (κ1) is 14.8. The summed E-state index contributed by atoms with van der Waals surface area (Å²) in [7, 11) is 1.38. The van der Waals surface area contributed by atoms with Gasteiger partial charge < -0.3 is 15.2 Å². The number of morpholine rings is 1. The number of nitrogens with two attached hydrogens (primary N) is 1. The number of methoxy groups -OCH3 is 1. The van der Waals surface area contributed by atoms with E-state index < -0.39 is 0 Å². The van der Waals surface area contributed by atoms with Gasteiger partial charge >= 0.3 is 5.97 Å². The molecule has 1 aliphatic heterocycles. The minimum atomic E-state index is -0.376. The number of anilines is 1. The quantitative estimate of drug-likeness (QED) is 0.670. The first-order valence-corrected chi connectivity index (χ1v) is 6.94. The van der Waals surface area contributed by atoms with Crippen molar-refractivity contribution in [1.82, 2.24) is 4.90 Å². The van der Waals surface area contributed by atoms with E-state index in [1.54, 1.807) is 6.07 Å². The van der Waals surface area contributed by atoms with Crippen molar-refractivity contribution in [3.8, 4) is 0 Å². The number of esters is 1. The smallest absolute Gasteiger partial charge is 0.340 e. The molecule has 1 aromatic rings. The van der Waals surface area contributed by atoms with Crippen LogP contribution in [0, 0.1) is 0 Å². The van der Waals surface area contributed by atoms with E-state index in [-0.39, 0.29) is 5.97 Å². The minimum Gasteiger partial charge on any atom is -0.465 e. The van der Waals surface area contributed by atoms with Crippen LogP contribution in [0.4, 0.5) is 5.69 Å². The van der Waals surface area contributed by atoms with E-state index in [0.29, 0.717) is 23.8 Å². The molecule has 2 rings (SSSR count). The van der Waals surface area contributed by atoms with Crippen molar-refractivity contribution < 1.29 is 14.3 Å². The molecule has 0 aliphatic carbocycles. The summed E-state index contributed by atoms with van der Waals surface area (Å²) in [5.74, 6) is -0.376. The fourth-order valence-corrected chi connectivity index (χ4v) is 2.59. The molecule has 1 heterocycles. The maximum absolute atomic E-state index is 11.9. The van der Waals surface area contributed by atoms with Crippen molar-refractivity contribution in [2.24, 2.45) is 0 Å². The Morgan fingerprint density at radius 1 is 1.55 bits per heavy atom. The number of nitrogen functional groups attached to an aromatic ring is 1. The average Bonchev–Trinajstić information content (AvgIpc) is 2.47. The predicted octanol–water partition coefficient (Wildman–Crippen LogP) is 1.67. The normalized spacial score (nSPS) is 19.8. The predicted molar refractivity (Wildman–Crippen MR) is 77.5 cm³/mol. The molecule has 0 bridgehead atoms. The number of nitrogens with zero attached hydrogens (tertiary/aromatic N) is 1. The van der Waals surface area contributed by atoms with Crippen LogP contribution in [0.5, 0.6) is 0 Å². The Morgan fingerprint density at radius 3 is 3.05 bits per heavy atom. The van der Waals surface area contributed by atoms with Gasteiger partial charge in [0.2, 0.25) is 0 Å². The number of rotatable bonds is 4. The Bertz CT molecular complexity index is 476. The summed E-state index contributed by atoms with van der Waals surface area (Å²) < 4.78 is 10.3. The van der Waals surface area contributed by atoms with Crippen LogP contribution in [-0.4, -0.2) is 43.8 Å². The van der Waals surface area contributed by atoms with Gasteiger partial charge in [-0.2, -0.15) is 0 Å². The Balaban J connectivity index is 2.24. The van der Waals surface area contributed by atoms with Gasteiger partial charge in [-0.3, -0.25) is 4.90 Å². The van der Waals surface area contributed by atoms with Gasteiger partial charge in [0.25, 0.3) is 0 Å².